The third-order valence-electron chi connectivity index (χ3n) is 2.33. The molecule has 2 rings (SSSR count). The normalized spacial score (nSPS) is 10.7. The number of hydrogen-bond acceptors (Lipinski definition) is 4. The van der Waals surface area contributed by atoms with Gasteiger partial charge in [0.05, 0.1) is 14.6 Å². The molecule has 0 amide bonds. The van der Waals surface area contributed by atoms with E-state index < -0.39 is 0 Å². The van der Waals surface area contributed by atoms with E-state index in [1.54, 1.807) is 0 Å². The van der Waals surface area contributed by atoms with Gasteiger partial charge >= 0.3 is 0 Å². The van der Waals surface area contributed by atoms with E-state index in [9.17, 15) is 0 Å². The van der Waals surface area contributed by atoms with Crippen LogP contribution in [0.5, 0.6) is 5.75 Å². The Kier molecular flexibility index (Phi) is 4.42. The van der Waals surface area contributed by atoms with Crippen molar-refractivity contribution < 1.29 is 9.26 Å². The van der Waals surface area contributed by atoms with Gasteiger partial charge in [0.15, 0.2) is 5.76 Å². The second-order valence-electron chi connectivity index (χ2n) is 3.82. The molecule has 2 aromatic rings. The Hall–Kier alpha value is -0.850. The van der Waals surface area contributed by atoms with Crippen LogP contribution in [0.15, 0.2) is 31.7 Å². The molecule has 1 aromatic carbocycles. The van der Waals surface area contributed by atoms with Crippen molar-refractivity contribution in [2.45, 2.75) is 20.1 Å². The lowest BCUT2D eigenvalue weighted by Crippen LogP contribution is -1.99. The van der Waals surface area contributed by atoms with Crippen molar-refractivity contribution in [3.8, 4) is 5.75 Å². The SMILES string of the molecule is Cc1cc(COc2c(Br)cc(CN)cc2Br)on1. The first kappa shape index (κ1) is 13.6. The van der Waals surface area contributed by atoms with Crippen LogP contribution in [-0.2, 0) is 13.2 Å². The van der Waals surface area contributed by atoms with Crippen LogP contribution in [0.2, 0.25) is 0 Å². The highest BCUT2D eigenvalue weighted by Gasteiger charge is 2.10. The number of nitrogens with zero attached hydrogens (tertiary/aromatic N) is 1. The van der Waals surface area contributed by atoms with Gasteiger partial charge in [-0.2, -0.15) is 0 Å². The Morgan fingerprint density at radius 1 is 1.28 bits per heavy atom. The standard InChI is InChI=1S/C12H12Br2N2O2/c1-7-2-9(18-16-7)6-17-12-10(13)3-8(5-15)4-11(12)14/h2-4H,5-6,15H2,1H3. The van der Waals surface area contributed by atoms with Gasteiger partial charge < -0.3 is 15.0 Å². The van der Waals surface area contributed by atoms with E-state index >= 15 is 0 Å². The Bertz CT molecular complexity index is 532. The molecule has 0 aliphatic heterocycles. The minimum absolute atomic E-state index is 0.333. The summed E-state index contributed by atoms with van der Waals surface area (Å²) in [6, 6.07) is 5.72. The van der Waals surface area contributed by atoms with E-state index in [1.807, 2.05) is 25.1 Å². The first-order valence-corrected chi connectivity index (χ1v) is 6.91. The molecule has 0 bridgehead atoms. The summed E-state index contributed by atoms with van der Waals surface area (Å²) in [5.41, 5.74) is 7.46. The quantitative estimate of drug-likeness (QED) is 0.887. The fraction of sp³-hybridized carbons (Fsp3) is 0.250. The average Bonchev–Trinajstić information content (AvgIpc) is 2.73. The number of aryl methyl sites for hydroxylation is 1. The summed E-state index contributed by atoms with van der Waals surface area (Å²) >= 11 is 6.92. The molecule has 4 nitrogen and oxygen atoms in total. The first-order valence-electron chi connectivity index (χ1n) is 5.33. The molecule has 0 spiro atoms. The minimum atomic E-state index is 0.333. The second-order valence-corrected chi connectivity index (χ2v) is 5.52. The molecule has 0 radical (unpaired) electrons. The molecule has 0 fully saturated rings. The lowest BCUT2D eigenvalue weighted by atomic mass is 10.2. The van der Waals surface area contributed by atoms with Crippen molar-refractivity contribution in [2.24, 2.45) is 5.73 Å². The number of ether oxygens (including phenoxy) is 1. The van der Waals surface area contributed by atoms with Crippen molar-refractivity contribution in [3.63, 3.8) is 0 Å². The molecule has 0 saturated carbocycles. The summed E-state index contributed by atoms with van der Waals surface area (Å²) in [6.45, 7) is 2.69. The molecule has 2 N–H and O–H groups in total. The van der Waals surface area contributed by atoms with Crippen LogP contribution in [-0.4, -0.2) is 5.16 Å². The summed E-state index contributed by atoms with van der Waals surface area (Å²) in [7, 11) is 0. The van der Waals surface area contributed by atoms with Gasteiger partial charge in [-0.05, 0) is 56.5 Å². The summed E-state index contributed by atoms with van der Waals surface area (Å²) in [5, 5.41) is 3.81. The molecule has 0 saturated heterocycles. The molecule has 18 heavy (non-hydrogen) atoms. The Morgan fingerprint density at radius 3 is 2.44 bits per heavy atom. The number of rotatable bonds is 4. The molecule has 0 atom stereocenters. The zero-order valence-electron chi connectivity index (χ0n) is 9.74. The summed E-state index contributed by atoms with van der Waals surface area (Å²) in [5.74, 6) is 1.41. The van der Waals surface area contributed by atoms with Crippen molar-refractivity contribution >= 4 is 31.9 Å². The molecule has 6 heteroatoms. The van der Waals surface area contributed by atoms with Crippen LogP contribution in [0.3, 0.4) is 0 Å². The van der Waals surface area contributed by atoms with Crippen molar-refractivity contribution in [2.75, 3.05) is 0 Å². The fourth-order valence-corrected chi connectivity index (χ4v) is 3.01. The summed E-state index contributed by atoms with van der Waals surface area (Å²) in [6.07, 6.45) is 0. The minimum Gasteiger partial charge on any atom is -0.483 e. The van der Waals surface area contributed by atoms with E-state index in [2.05, 4.69) is 37.0 Å². The predicted octanol–water partition coefficient (Wildman–Crippen LogP) is 3.55. The van der Waals surface area contributed by atoms with Gasteiger partial charge in [-0.1, -0.05) is 5.16 Å². The van der Waals surface area contributed by atoms with E-state index in [0.29, 0.717) is 18.9 Å². The van der Waals surface area contributed by atoms with E-state index in [0.717, 1.165) is 26.0 Å². The molecule has 0 aliphatic rings. The maximum Gasteiger partial charge on any atom is 0.174 e. The van der Waals surface area contributed by atoms with Crippen molar-refractivity contribution in [1.29, 1.82) is 0 Å². The van der Waals surface area contributed by atoms with Crippen LogP contribution in [0.25, 0.3) is 0 Å². The zero-order chi connectivity index (χ0) is 13.1. The predicted molar refractivity (Wildman–Crippen MR) is 75.3 cm³/mol. The Morgan fingerprint density at radius 2 is 1.94 bits per heavy atom. The molecule has 1 aromatic heterocycles. The van der Waals surface area contributed by atoms with Gasteiger partial charge in [0.1, 0.15) is 12.4 Å². The Labute approximate surface area is 122 Å². The van der Waals surface area contributed by atoms with Crippen molar-refractivity contribution in [1.82, 2.24) is 5.16 Å². The number of nitrogens with two attached hydrogens (primary N) is 1. The van der Waals surface area contributed by atoms with Gasteiger partial charge in [-0.3, -0.25) is 0 Å². The lowest BCUT2D eigenvalue weighted by molar-refractivity contribution is 0.246. The average molecular weight is 376 g/mol. The van der Waals surface area contributed by atoms with Crippen LogP contribution >= 0.6 is 31.9 Å². The van der Waals surface area contributed by atoms with Crippen LogP contribution in [0, 0.1) is 6.92 Å². The molecular formula is C12H12Br2N2O2. The largest absolute Gasteiger partial charge is 0.483 e. The maximum atomic E-state index is 5.70. The zero-order valence-corrected chi connectivity index (χ0v) is 12.9. The monoisotopic (exact) mass is 374 g/mol. The van der Waals surface area contributed by atoms with Gasteiger partial charge in [0, 0.05) is 12.6 Å². The van der Waals surface area contributed by atoms with E-state index in [4.69, 9.17) is 15.0 Å². The van der Waals surface area contributed by atoms with Gasteiger partial charge in [0.25, 0.3) is 0 Å². The van der Waals surface area contributed by atoms with Crippen LogP contribution in [0.1, 0.15) is 17.0 Å². The summed E-state index contributed by atoms with van der Waals surface area (Å²) < 4.78 is 12.5. The third kappa shape index (κ3) is 3.13. The van der Waals surface area contributed by atoms with E-state index in [-0.39, 0.29) is 0 Å². The number of aromatic nitrogens is 1. The molecule has 1 heterocycles. The number of hydrogen-bond donors (Lipinski definition) is 1. The van der Waals surface area contributed by atoms with Gasteiger partial charge in [0.2, 0.25) is 0 Å². The highest BCUT2D eigenvalue weighted by atomic mass is 79.9. The second kappa shape index (κ2) is 5.86. The van der Waals surface area contributed by atoms with E-state index in [1.165, 1.54) is 0 Å². The summed E-state index contributed by atoms with van der Waals surface area (Å²) in [4.78, 5) is 0. The van der Waals surface area contributed by atoms with Crippen molar-refractivity contribution in [3.05, 3.63) is 44.2 Å². The van der Waals surface area contributed by atoms with Gasteiger partial charge in [-0.25, -0.2) is 0 Å². The third-order valence-corrected chi connectivity index (χ3v) is 3.51. The highest BCUT2D eigenvalue weighted by molar-refractivity contribution is 9.11. The van der Waals surface area contributed by atoms with Gasteiger partial charge in [-0.15, -0.1) is 0 Å². The topological polar surface area (TPSA) is 61.3 Å². The molecular weight excluding hydrogens is 364 g/mol. The van der Waals surface area contributed by atoms with Crippen LogP contribution in [0.4, 0.5) is 0 Å². The first-order chi connectivity index (χ1) is 8.60. The number of halogens is 2. The Balaban J connectivity index is 2.14. The fourth-order valence-electron chi connectivity index (χ4n) is 1.50. The maximum absolute atomic E-state index is 5.70. The lowest BCUT2D eigenvalue weighted by Gasteiger charge is -2.10. The molecule has 96 valence electrons. The highest BCUT2D eigenvalue weighted by Crippen LogP contribution is 2.35. The number of benzene rings is 1. The van der Waals surface area contributed by atoms with Crippen LogP contribution < -0.4 is 10.5 Å². The smallest absolute Gasteiger partial charge is 0.174 e. The molecule has 0 aliphatic carbocycles. The molecule has 0 unspecified atom stereocenters.